The van der Waals surface area contributed by atoms with Gasteiger partial charge in [-0.1, -0.05) is 19.1 Å². The van der Waals surface area contributed by atoms with Gasteiger partial charge in [-0.05, 0) is 54.4 Å². The second-order valence-electron chi connectivity index (χ2n) is 6.31. The molecule has 0 saturated carbocycles. The fourth-order valence-electron chi connectivity index (χ4n) is 2.96. The second kappa shape index (κ2) is 9.59. The van der Waals surface area contributed by atoms with Crippen molar-refractivity contribution < 1.29 is 22.7 Å². The van der Waals surface area contributed by atoms with Crippen molar-refractivity contribution >= 4 is 5.91 Å². The van der Waals surface area contributed by atoms with E-state index in [0.29, 0.717) is 42.1 Å². The van der Waals surface area contributed by atoms with Crippen LogP contribution in [-0.2, 0) is 23.9 Å². The van der Waals surface area contributed by atoms with E-state index in [1.807, 2.05) is 13.8 Å². The summed E-state index contributed by atoms with van der Waals surface area (Å²) in [6.07, 6.45) is -4.22. The van der Waals surface area contributed by atoms with E-state index in [-0.39, 0.29) is 12.3 Å². The molecule has 0 radical (unpaired) electrons. The first-order valence-electron chi connectivity index (χ1n) is 9.15. The van der Waals surface area contributed by atoms with E-state index in [2.05, 4.69) is 10.6 Å². The molecule has 0 aliphatic carbocycles. The largest absolute Gasteiger partial charge is 0.496 e. The van der Waals surface area contributed by atoms with Crippen LogP contribution in [0.4, 0.5) is 13.2 Å². The number of hydrogen-bond acceptors (Lipinski definition) is 3. The minimum atomic E-state index is -4.41. The molecule has 0 fully saturated rings. The molecule has 4 nitrogen and oxygen atoms in total. The summed E-state index contributed by atoms with van der Waals surface area (Å²) in [4.78, 5) is 11.9. The zero-order valence-electron chi connectivity index (χ0n) is 16.2. The van der Waals surface area contributed by atoms with Gasteiger partial charge in [0.25, 0.3) is 0 Å². The van der Waals surface area contributed by atoms with Crippen LogP contribution < -0.4 is 15.4 Å². The minimum absolute atomic E-state index is 0.112. The number of rotatable bonds is 8. The fraction of sp³-hybridized carbons (Fsp3) is 0.381. The summed E-state index contributed by atoms with van der Waals surface area (Å²) in [5.41, 5.74) is 1.89. The lowest BCUT2D eigenvalue weighted by atomic mass is 9.94. The average Bonchev–Trinajstić information content (AvgIpc) is 2.65. The van der Waals surface area contributed by atoms with Gasteiger partial charge in [0.15, 0.2) is 0 Å². The van der Waals surface area contributed by atoms with Crippen LogP contribution in [0.25, 0.3) is 11.1 Å². The Morgan fingerprint density at radius 2 is 1.79 bits per heavy atom. The van der Waals surface area contributed by atoms with Crippen molar-refractivity contribution in [3.63, 3.8) is 0 Å². The van der Waals surface area contributed by atoms with Crippen molar-refractivity contribution in [3.8, 4) is 16.9 Å². The Bertz CT molecular complexity index is 820. The van der Waals surface area contributed by atoms with E-state index in [1.165, 1.54) is 13.2 Å². The molecule has 0 unspecified atom stereocenters. The van der Waals surface area contributed by atoms with Crippen molar-refractivity contribution in [2.45, 2.75) is 33.0 Å². The van der Waals surface area contributed by atoms with E-state index in [4.69, 9.17) is 4.74 Å². The quantitative estimate of drug-likeness (QED) is 0.707. The van der Waals surface area contributed by atoms with Crippen molar-refractivity contribution in [2.75, 3.05) is 20.2 Å². The van der Waals surface area contributed by atoms with Gasteiger partial charge >= 0.3 is 6.18 Å². The number of benzene rings is 2. The molecule has 0 heterocycles. The van der Waals surface area contributed by atoms with Gasteiger partial charge in [0.2, 0.25) is 5.91 Å². The van der Waals surface area contributed by atoms with Gasteiger partial charge in [-0.25, -0.2) is 0 Å². The zero-order valence-corrected chi connectivity index (χ0v) is 16.2. The maximum absolute atomic E-state index is 13.2. The van der Waals surface area contributed by atoms with Gasteiger partial charge in [-0.15, -0.1) is 0 Å². The lowest BCUT2D eigenvalue weighted by molar-refractivity contribution is -0.137. The minimum Gasteiger partial charge on any atom is -0.496 e. The number of ether oxygens (including phenoxy) is 1. The third-order valence-corrected chi connectivity index (χ3v) is 4.29. The van der Waals surface area contributed by atoms with Crippen LogP contribution in [0.2, 0.25) is 0 Å². The molecule has 7 heteroatoms. The summed E-state index contributed by atoms with van der Waals surface area (Å²) >= 11 is 0. The van der Waals surface area contributed by atoms with E-state index in [1.54, 1.807) is 18.2 Å². The van der Waals surface area contributed by atoms with Gasteiger partial charge < -0.3 is 15.4 Å². The molecule has 2 rings (SSSR count). The molecule has 2 aromatic carbocycles. The van der Waals surface area contributed by atoms with Gasteiger partial charge in [-0.3, -0.25) is 4.79 Å². The predicted molar refractivity (Wildman–Crippen MR) is 103 cm³/mol. The first kappa shape index (κ1) is 21.8. The Morgan fingerprint density at radius 3 is 2.39 bits per heavy atom. The monoisotopic (exact) mass is 394 g/mol. The number of halogens is 3. The summed E-state index contributed by atoms with van der Waals surface area (Å²) < 4.78 is 44.9. The normalized spacial score (nSPS) is 11.4. The summed E-state index contributed by atoms with van der Waals surface area (Å²) in [6.45, 7) is 5.19. The summed E-state index contributed by atoms with van der Waals surface area (Å²) in [6, 6.07) is 9.01. The molecule has 152 valence electrons. The number of amides is 1. The van der Waals surface area contributed by atoms with Crippen LogP contribution in [0, 0.1) is 0 Å². The first-order valence-corrected chi connectivity index (χ1v) is 9.15. The van der Waals surface area contributed by atoms with Crippen molar-refractivity contribution in [1.82, 2.24) is 10.6 Å². The fourth-order valence-corrected chi connectivity index (χ4v) is 2.96. The lowest BCUT2D eigenvalue weighted by Gasteiger charge is -2.17. The third kappa shape index (κ3) is 5.48. The van der Waals surface area contributed by atoms with Crippen LogP contribution >= 0.6 is 0 Å². The Labute approximate surface area is 163 Å². The second-order valence-corrected chi connectivity index (χ2v) is 6.31. The first-order chi connectivity index (χ1) is 13.3. The maximum Gasteiger partial charge on any atom is 0.416 e. The van der Waals surface area contributed by atoms with Gasteiger partial charge in [0, 0.05) is 18.7 Å². The molecular formula is C21H25F3N2O2. The van der Waals surface area contributed by atoms with E-state index >= 15 is 0 Å². The van der Waals surface area contributed by atoms with Crippen molar-refractivity contribution in [1.29, 1.82) is 0 Å². The van der Waals surface area contributed by atoms with Gasteiger partial charge in [0.1, 0.15) is 5.75 Å². The van der Waals surface area contributed by atoms with Crippen LogP contribution in [-0.4, -0.2) is 26.1 Å². The number of alkyl halides is 3. The molecule has 0 aromatic heterocycles. The van der Waals surface area contributed by atoms with Crippen LogP contribution in [0.3, 0.4) is 0 Å². The highest BCUT2D eigenvalue weighted by atomic mass is 19.4. The van der Waals surface area contributed by atoms with Crippen molar-refractivity contribution in [2.24, 2.45) is 0 Å². The lowest BCUT2D eigenvalue weighted by Crippen LogP contribution is -2.24. The molecule has 0 bridgehead atoms. The Morgan fingerprint density at radius 1 is 1.04 bits per heavy atom. The molecule has 0 saturated heterocycles. The summed E-state index contributed by atoms with van der Waals surface area (Å²) in [5.74, 6) is 0.427. The third-order valence-electron chi connectivity index (χ3n) is 4.29. The maximum atomic E-state index is 13.2. The molecule has 28 heavy (non-hydrogen) atoms. The molecule has 0 aliphatic heterocycles. The average molecular weight is 394 g/mol. The highest BCUT2D eigenvalue weighted by molar-refractivity contribution is 5.80. The van der Waals surface area contributed by atoms with E-state index in [9.17, 15) is 18.0 Å². The number of likely N-dealkylation sites (N-methyl/N-ethyl adjacent to an activating group) is 1. The molecule has 0 spiro atoms. The SMILES string of the molecule is CCNCc1cc(C(F)(F)F)ccc1-c1cc(CC(=O)NCC)ccc1OC. The summed E-state index contributed by atoms with van der Waals surface area (Å²) in [7, 11) is 1.51. The standard InChI is InChI=1S/C21H25F3N2O2/c1-4-25-13-15-12-16(21(22,23)24)7-8-17(15)18-10-14(6-9-19(18)28-3)11-20(27)26-5-2/h6-10,12,25H,4-5,11,13H2,1-3H3,(H,26,27). The molecule has 0 aliphatic rings. The number of carbonyl (C=O) groups excluding carboxylic acids is 1. The van der Waals surface area contributed by atoms with E-state index in [0.717, 1.165) is 17.7 Å². The zero-order chi connectivity index (χ0) is 20.7. The Hall–Kier alpha value is -2.54. The van der Waals surface area contributed by atoms with Crippen LogP contribution in [0.1, 0.15) is 30.5 Å². The Kier molecular flexibility index (Phi) is 7.45. The van der Waals surface area contributed by atoms with Crippen LogP contribution in [0.5, 0.6) is 5.75 Å². The highest BCUT2D eigenvalue weighted by Crippen LogP contribution is 2.37. The smallest absolute Gasteiger partial charge is 0.416 e. The summed E-state index contributed by atoms with van der Waals surface area (Å²) in [5, 5.41) is 5.82. The Balaban J connectivity index is 2.52. The number of hydrogen-bond donors (Lipinski definition) is 2. The molecule has 0 atom stereocenters. The highest BCUT2D eigenvalue weighted by Gasteiger charge is 2.31. The van der Waals surface area contributed by atoms with E-state index < -0.39 is 11.7 Å². The predicted octanol–water partition coefficient (Wildman–Crippen LogP) is 4.17. The number of carbonyl (C=O) groups is 1. The number of methoxy groups -OCH3 is 1. The number of nitrogens with one attached hydrogen (secondary N) is 2. The van der Waals surface area contributed by atoms with Crippen LogP contribution in [0.15, 0.2) is 36.4 Å². The molecule has 2 N–H and O–H groups in total. The van der Waals surface area contributed by atoms with Gasteiger partial charge in [0.05, 0.1) is 19.1 Å². The molecule has 1 amide bonds. The molecule has 2 aromatic rings. The van der Waals surface area contributed by atoms with Crippen molar-refractivity contribution in [3.05, 3.63) is 53.1 Å². The van der Waals surface area contributed by atoms with Gasteiger partial charge in [-0.2, -0.15) is 13.2 Å². The molecular weight excluding hydrogens is 369 g/mol. The topological polar surface area (TPSA) is 50.4 Å².